The number of nitrogens with zero attached hydrogens (tertiary/aromatic N) is 2. The van der Waals surface area contributed by atoms with Crippen molar-refractivity contribution in [2.24, 2.45) is 0 Å². The standard InChI is InChI=1S/C15H21N3O2S.ClH/c19-14(11-12-3-1-5-16-12)17-6-8-18(9-7-17)15(20)13-4-2-10-21-13;/h2,4,10,12,16H,1,3,5-9,11H2;1H. The van der Waals surface area contributed by atoms with Crippen LogP contribution in [0.5, 0.6) is 0 Å². The minimum Gasteiger partial charge on any atom is -0.339 e. The molecule has 2 aliphatic heterocycles. The number of amides is 2. The molecule has 122 valence electrons. The molecule has 22 heavy (non-hydrogen) atoms. The summed E-state index contributed by atoms with van der Waals surface area (Å²) in [5.74, 6) is 0.312. The fraction of sp³-hybridized carbons (Fsp3) is 0.600. The summed E-state index contributed by atoms with van der Waals surface area (Å²) >= 11 is 1.47. The van der Waals surface area contributed by atoms with Crippen LogP contribution in [0.4, 0.5) is 0 Å². The molecular formula is C15H22ClN3O2S. The van der Waals surface area contributed by atoms with Gasteiger partial charge in [0.2, 0.25) is 5.91 Å². The summed E-state index contributed by atoms with van der Waals surface area (Å²) in [6, 6.07) is 4.10. The van der Waals surface area contributed by atoms with Gasteiger partial charge in [0.25, 0.3) is 5.91 Å². The van der Waals surface area contributed by atoms with Crippen molar-refractivity contribution in [3.05, 3.63) is 22.4 Å². The lowest BCUT2D eigenvalue weighted by Crippen LogP contribution is -2.51. The van der Waals surface area contributed by atoms with Gasteiger partial charge < -0.3 is 15.1 Å². The summed E-state index contributed by atoms with van der Waals surface area (Å²) < 4.78 is 0. The molecule has 0 spiro atoms. The number of hydrogen-bond donors (Lipinski definition) is 1. The van der Waals surface area contributed by atoms with Gasteiger partial charge in [-0.2, -0.15) is 0 Å². The predicted molar refractivity (Wildman–Crippen MR) is 89.7 cm³/mol. The largest absolute Gasteiger partial charge is 0.339 e. The summed E-state index contributed by atoms with van der Waals surface area (Å²) in [6.45, 7) is 3.62. The minimum atomic E-state index is 0. The monoisotopic (exact) mass is 343 g/mol. The first kappa shape index (κ1) is 17.2. The third-order valence-corrected chi connectivity index (χ3v) is 5.09. The molecule has 7 heteroatoms. The number of carbonyl (C=O) groups is 2. The second kappa shape index (κ2) is 7.94. The van der Waals surface area contributed by atoms with Gasteiger partial charge in [0.15, 0.2) is 0 Å². The van der Waals surface area contributed by atoms with Crippen LogP contribution in [0.15, 0.2) is 17.5 Å². The van der Waals surface area contributed by atoms with Crippen molar-refractivity contribution in [3.8, 4) is 0 Å². The van der Waals surface area contributed by atoms with Gasteiger partial charge in [-0.25, -0.2) is 0 Å². The second-order valence-corrected chi connectivity index (χ2v) is 6.60. The first-order valence-corrected chi connectivity index (χ1v) is 8.46. The van der Waals surface area contributed by atoms with Crippen LogP contribution in [0.2, 0.25) is 0 Å². The van der Waals surface area contributed by atoms with Crippen molar-refractivity contribution in [3.63, 3.8) is 0 Å². The highest BCUT2D eigenvalue weighted by Crippen LogP contribution is 2.15. The van der Waals surface area contributed by atoms with Crippen molar-refractivity contribution in [1.82, 2.24) is 15.1 Å². The highest BCUT2D eigenvalue weighted by molar-refractivity contribution is 7.12. The Morgan fingerprint density at radius 2 is 1.95 bits per heavy atom. The van der Waals surface area contributed by atoms with Gasteiger partial charge in [-0.1, -0.05) is 6.07 Å². The van der Waals surface area contributed by atoms with Crippen molar-refractivity contribution in [1.29, 1.82) is 0 Å². The molecule has 0 radical (unpaired) electrons. The third kappa shape index (κ3) is 4.00. The molecule has 5 nitrogen and oxygen atoms in total. The molecule has 0 saturated carbocycles. The van der Waals surface area contributed by atoms with E-state index in [0.29, 0.717) is 38.6 Å². The first-order chi connectivity index (χ1) is 10.2. The molecule has 2 amide bonds. The van der Waals surface area contributed by atoms with Gasteiger partial charge in [0.1, 0.15) is 0 Å². The van der Waals surface area contributed by atoms with Crippen LogP contribution in [-0.2, 0) is 4.79 Å². The lowest BCUT2D eigenvalue weighted by Gasteiger charge is -2.35. The Hall–Kier alpha value is -1.11. The Bertz CT molecular complexity index is 495. The van der Waals surface area contributed by atoms with E-state index in [1.807, 2.05) is 27.3 Å². The van der Waals surface area contributed by atoms with Crippen molar-refractivity contribution in [2.45, 2.75) is 25.3 Å². The maximum atomic E-state index is 12.2. The Kier molecular flexibility index (Phi) is 6.23. The highest BCUT2D eigenvalue weighted by Gasteiger charge is 2.27. The molecule has 1 N–H and O–H groups in total. The molecule has 1 aromatic rings. The molecule has 3 heterocycles. The number of carbonyl (C=O) groups excluding carboxylic acids is 2. The molecule has 1 unspecified atom stereocenters. The number of nitrogens with one attached hydrogen (secondary N) is 1. The van der Waals surface area contributed by atoms with Crippen LogP contribution in [0.1, 0.15) is 28.9 Å². The van der Waals surface area contributed by atoms with Crippen molar-refractivity contribution < 1.29 is 9.59 Å². The van der Waals surface area contributed by atoms with Crippen LogP contribution in [0.3, 0.4) is 0 Å². The fourth-order valence-corrected chi connectivity index (χ4v) is 3.68. The van der Waals surface area contributed by atoms with Crippen LogP contribution in [0.25, 0.3) is 0 Å². The molecule has 3 rings (SSSR count). The van der Waals surface area contributed by atoms with E-state index < -0.39 is 0 Å². The van der Waals surface area contributed by atoms with Crippen LogP contribution in [-0.4, -0.2) is 60.4 Å². The quantitative estimate of drug-likeness (QED) is 0.907. The summed E-state index contributed by atoms with van der Waals surface area (Å²) in [7, 11) is 0. The van der Waals surface area contributed by atoms with Crippen LogP contribution >= 0.6 is 23.7 Å². The van der Waals surface area contributed by atoms with Crippen molar-refractivity contribution in [2.75, 3.05) is 32.7 Å². The van der Waals surface area contributed by atoms with E-state index in [1.54, 1.807) is 0 Å². The number of thiophene rings is 1. The molecule has 0 aliphatic carbocycles. The lowest BCUT2D eigenvalue weighted by molar-refractivity contribution is -0.133. The van der Waals surface area contributed by atoms with E-state index in [2.05, 4.69) is 5.32 Å². The second-order valence-electron chi connectivity index (χ2n) is 5.65. The molecule has 2 fully saturated rings. The fourth-order valence-electron chi connectivity index (χ4n) is 2.99. The molecular weight excluding hydrogens is 322 g/mol. The summed E-state index contributed by atoms with van der Waals surface area (Å²) in [4.78, 5) is 29.0. The molecule has 1 atom stereocenters. The van der Waals surface area contributed by atoms with Gasteiger partial charge in [-0.15, -0.1) is 23.7 Å². The van der Waals surface area contributed by atoms with E-state index >= 15 is 0 Å². The number of halogens is 1. The maximum absolute atomic E-state index is 12.2. The lowest BCUT2D eigenvalue weighted by atomic mass is 10.1. The van der Waals surface area contributed by atoms with Crippen molar-refractivity contribution >= 4 is 35.6 Å². The Morgan fingerprint density at radius 1 is 1.23 bits per heavy atom. The molecule has 1 aromatic heterocycles. The molecule has 0 bridgehead atoms. The number of piperazine rings is 1. The predicted octanol–water partition coefficient (Wildman–Crippen LogP) is 1.60. The molecule has 0 aromatic carbocycles. The van der Waals surface area contributed by atoms with Gasteiger partial charge in [0, 0.05) is 38.6 Å². The van der Waals surface area contributed by atoms with Gasteiger partial charge in [-0.05, 0) is 30.8 Å². The number of hydrogen-bond acceptors (Lipinski definition) is 4. The van der Waals surface area contributed by atoms with Crippen LogP contribution < -0.4 is 5.32 Å². The first-order valence-electron chi connectivity index (χ1n) is 7.58. The van der Waals surface area contributed by atoms with E-state index in [-0.39, 0.29) is 24.2 Å². The average Bonchev–Trinajstić information content (AvgIpc) is 3.20. The van der Waals surface area contributed by atoms with E-state index in [4.69, 9.17) is 0 Å². The van der Waals surface area contributed by atoms with E-state index in [0.717, 1.165) is 17.8 Å². The van der Waals surface area contributed by atoms with Crippen LogP contribution in [0, 0.1) is 0 Å². The molecule has 2 saturated heterocycles. The topological polar surface area (TPSA) is 52.7 Å². The average molecular weight is 344 g/mol. The summed E-state index contributed by atoms with van der Waals surface area (Å²) in [5, 5.41) is 5.28. The zero-order valence-electron chi connectivity index (χ0n) is 12.5. The van der Waals surface area contributed by atoms with Gasteiger partial charge in [0.05, 0.1) is 4.88 Å². The highest BCUT2D eigenvalue weighted by atomic mass is 35.5. The minimum absolute atomic E-state index is 0. The number of rotatable bonds is 3. The zero-order valence-corrected chi connectivity index (χ0v) is 14.1. The molecule has 2 aliphatic rings. The zero-order chi connectivity index (χ0) is 14.7. The SMILES string of the molecule is Cl.O=C(CC1CCCN1)N1CCN(C(=O)c2cccs2)CC1. The maximum Gasteiger partial charge on any atom is 0.264 e. The van der Waals surface area contributed by atoms with Gasteiger partial charge in [-0.3, -0.25) is 9.59 Å². The summed E-state index contributed by atoms with van der Waals surface area (Å²) in [5.41, 5.74) is 0. The normalized spacial score (nSPS) is 21.5. The Labute approximate surface area is 141 Å². The van der Waals surface area contributed by atoms with E-state index in [9.17, 15) is 9.59 Å². The van der Waals surface area contributed by atoms with Gasteiger partial charge >= 0.3 is 0 Å². The summed E-state index contributed by atoms with van der Waals surface area (Å²) in [6.07, 6.45) is 2.86. The Morgan fingerprint density at radius 3 is 2.55 bits per heavy atom. The Balaban J connectivity index is 0.00000176. The third-order valence-electron chi connectivity index (χ3n) is 4.23. The smallest absolute Gasteiger partial charge is 0.264 e. The van der Waals surface area contributed by atoms with E-state index in [1.165, 1.54) is 17.8 Å².